The van der Waals surface area contributed by atoms with Crippen molar-refractivity contribution in [1.29, 1.82) is 0 Å². The monoisotopic (exact) mass is 264 g/mol. The van der Waals surface area contributed by atoms with Crippen LogP contribution in [0.4, 0.5) is 5.69 Å². The summed E-state index contributed by atoms with van der Waals surface area (Å²) in [4.78, 5) is 22.6. The van der Waals surface area contributed by atoms with E-state index in [1.54, 1.807) is 19.2 Å². The molecule has 1 rings (SSSR count). The summed E-state index contributed by atoms with van der Waals surface area (Å²) in [6, 6.07) is 7.24. The molecule has 2 N–H and O–H groups in total. The number of ketones is 1. The first kappa shape index (κ1) is 15.2. The van der Waals surface area contributed by atoms with Crippen LogP contribution in [0.25, 0.3) is 0 Å². The van der Waals surface area contributed by atoms with E-state index in [0.29, 0.717) is 31.7 Å². The lowest BCUT2D eigenvalue weighted by Crippen LogP contribution is -2.28. The molecule has 0 aliphatic rings. The van der Waals surface area contributed by atoms with Gasteiger partial charge in [-0.1, -0.05) is 12.1 Å². The number of benzene rings is 1. The summed E-state index contributed by atoms with van der Waals surface area (Å²) in [5.41, 5.74) is 1.51. The van der Waals surface area contributed by atoms with E-state index in [1.807, 2.05) is 12.1 Å². The minimum Gasteiger partial charge on any atom is -0.385 e. The summed E-state index contributed by atoms with van der Waals surface area (Å²) in [6.07, 6.45) is 0.383. The third-order valence-electron chi connectivity index (χ3n) is 2.58. The SMILES string of the molecule is COCCNC(=O)CCNc1cccc(C(C)=O)c1. The molecule has 0 fully saturated rings. The maximum absolute atomic E-state index is 11.4. The molecule has 1 aromatic rings. The summed E-state index contributed by atoms with van der Waals surface area (Å²) in [6.45, 7) is 3.09. The number of carbonyl (C=O) groups is 2. The van der Waals surface area contributed by atoms with Crippen molar-refractivity contribution in [3.05, 3.63) is 29.8 Å². The molecule has 1 amide bonds. The quantitative estimate of drug-likeness (QED) is 0.551. The van der Waals surface area contributed by atoms with E-state index in [1.165, 1.54) is 6.92 Å². The fourth-order valence-corrected chi connectivity index (χ4v) is 1.55. The lowest BCUT2D eigenvalue weighted by Gasteiger charge is -2.08. The third kappa shape index (κ3) is 6.01. The van der Waals surface area contributed by atoms with Crippen molar-refractivity contribution in [1.82, 2.24) is 5.32 Å². The maximum atomic E-state index is 11.4. The molecule has 104 valence electrons. The Balaban J connectivity index is 2.31. The molecule has 0 saturated heterocycles. The van der Waals surface area contributed by atoms with Gasteiger partial charge in [0.15, 0.2) is 5.78 Å². The van der Waals surface area contributed by atoms with E-state index in [4.69, 9.17) is 4.74 Å². The molecular formula is C14H20N2O3. The van der Waals surface area contributed by atoms with Crippen LogP contribution in [0.1, 0.15) is 23.7 Å². The van der Waals surface area contributed by atoms with E-state index < -0.39 is 0 Å². The van der Waals surface area contributed by atoms with E-state index in [9.17, 15) is 9.59 Å². The highest BCUT2D eigenvalue weighted by Crippen LogP contribution is 2.10. The zero-order valence-electron chi connectivity index (χ0n) is 11.4. The van der Waals surface area contributed by atoms with E-state index >= 15 is 0 Å². The Morgan fingerprint density at radius 1 is 1.26 bits per heavy atom. The number of carbonyl (C=O) groups excluding carboxylic acids is 2. The lowest BCUT2D eigenvalue weighted by molar-refractivity contribution is -0.121. The zero-order valence-corrected chi connectivity index (χ0v) is 11.4. The number of nitrogens with one attached hydrogen (secondary N) is 2. The van der Waals surface area contributed by atoms with Gasteiger partial charge in [0, 0.05) is 37.9 Å². The van der Waals surface area contributed by atoms with Gasteiger partial charge in [0.05, 0.1) is 6.61 Å². The van der Waals surface area contributed by atoms with Crippen LogP contribution in [-0.4, -0.2) is 38.5 Å². The van der Waals surface area contributed by atoms with Gasteiger partial charge in [-0.3, -0.25) is 9.59 Å². The van der Waals surface area contributed by atoms with E-state index in [0.717, 1.165) is 5.69 Å². The molecule has 1 aromatic carbocycles. The van der Waals surface area contributed by atoms with Crippen molar-refractivity contribution in [2.45, 2.75) is 13.3 Å². The zero-order chi connectivity index (χ0) is 14.1. The fraction of sp³-hybridized carbons (Fsp3) is 0.429. The van der Waals surface area contributed by atoms with Gasteiger partial charge >= 0.3 is 0 Å². The van der Waals surface area contributed by atoms with Crippen LogP contribution in [0, 0.1) is 0 Å². The smallest absolute Gasteiger partial charge is 0.221 e. The molecule has 0 atom stereocenters. The summed E-state index contributed by atoms with van der Waals surface area (Å²) in [5.74, 6) is 0.00762. The number of hydrogen-bond donors (Lipinski definition) is 2. The van der Waals surface area contributed by atoms with Crippen molar-refractivity contribution in [3.8, 4) is 0 Å². The molecule has 0 aromatic heterocycles. The van der Waals surface area contributed by atoms with Crippen molar-refractivity contribution >= 4 is 17.4 Å². The number of rotatable bonds is 8. The number of hydrogen-bond acceptors (Lipinski definition) is 4. The van der Waals surface area contributed by atoms with E-state index in [-0.39, 0.29) is 11.7 Å². The lowest BCUT2D eigenvalue weighted by atomic mass is 10.1. The van der Waals surface area contributed by atoms with Crippen LogP contribution in [0.5, 0.6) is 0 Å². The minimum absolute atomic E-state index is 0.0210. The van der Waals surface area contributed by atoms with Gasteiger partial charge in [0.2, 0.25) is 5.91 Å². The highest BCUT2D eigenvalue weighted by molar-refractivity contribution is 5.94. The molecule has 0 saturated carbocycles. The molecule has 0 heterocycles. The number of anilines is 1. The Morgan fingerprint density at radius 2 is 2.05 bits per heavy atom. The summed E-state index contributed by atoms with van der Waals surface area (Å²) in [5, 5.41) is 5.86. The van der Waals surface area contributed by atoms with Crippen molar-refractivity contribution in [2.75, 3.05) is 32.1 Å². The molecule has 0 bridgehead atoms. The first-order valence-corrected chi connectivity index (χ1v) is 6.24. The Kier molecular flexibility index (Phi) is 6.60. The second-order valence-corrected chi connectivity index (χ2v) is 4.16. The predicted octanol–water partition coefficient (Wildman–Crippen LogP) is 1.45. The van der Waals surface area contributed by atoms with Crippen LogP contribution in [0.3, 0.4) is 0 Å². The van der Waals surface area contributed by atoms with Gasteiger partial charge in [-0.25, -0.2) is 0 Å². The Morgan fingerprint density at radius 3 is 2.74 bits per heavy atom. The van der Waals surface area contributed by atoms with Gasteiger partial charge in [0.1, 0.15) is 0 Å². The van der Waals surface area contributed by atoms with Gasteiger partial charge in [0.25, 0.3) is 0 Å². The van der Waals surface area contributed by atoms with Gasteiger partial charge in [-0.15, -0.1) is 0 Å². The number of amides is 1. The summed E-state index contributed by atoms with van der Waals surface area (Å²) in [7, 11) is 1.59. The second kappa shape index (κ2) is 8.26. The number of Topliss-reactive ketones (excluding diaryl/α,β-unsaturated/α-hetero) is 1. The summed E-state index contributed by atoms with van der Waals surface area (Å²) < 4.78 is 4.84. The molecule has 0 aliphatic carbocycles. The highest BCUT2D eigenvalue weighted by Gasteiger charge is 2.02. The Hall–Kier alpha value is -1.88. The molecule has 0 radical (unpaired) electrons. The van der Waals surface area contributed by atoms with Crippen molar-refractivity contribution < 1.29 is 14.3 Å². The topological polar surface area (TPSA) is 67.4 Å². The first-order chi connectivity index (χ1) is 9.13. The molecule has 5 heteroatoms. The molecular weight excluding hydrogens is 244 g/mol. The standard InChI is InChI=1S/C14H20N2O3/c1-11(17)12-4-3-5-13(10-12)15-7-6-14(18)16-8-9-19-2/h3-5,10,15H,6-9H2,1-2H3,(H,16,18). The second-order valence-electron chi connectivity index (χ2n) is 4.16. The Labute approximate surface area is 113 Å². The molecule has 0 spiro atoms. The van der Waals surface area contributed by atoms with Gasteiger partial charge in [-0.2, -0.15) is 0 Å². The van der Waals surface area contributed by atoms with Crippen LogP contribution in [0.2, 0.25) is 0 Å². The van der Waals surface area contributed by atoms with Crippen LogP contribution in [-0.2, 0) is 9.53 Å². The normalized spacial score (nSPS) is 10.0. The molecule has 0 unspecified atom stereocenters. The first-order valence-electron chi connectivity index (χ1n) is 6.24. The predicted molar refractivity (Wildman–Crippen MR) is 74.4 cm³/mol. The van der Waals surface area contributed by atoms with Gasteiger partial charge in [-0.05, 0) is 19.1 Å². The fourth-order valence-electron chi connectivity index (χ4n) is 1.55. The van der Waals surface area contributed by atoms with Crippen LogP contribution < -0.4 is 10.6 Å². The minimum atomic E-state index is -0.0210. The van der Waals surface area contributed by atoms with Gasteiger partial charge < -0.3 is 15.4 Å². The van der Waals surface area contributed by atoms with E-state index in [2.05, 4.69) is 10.6 Å². The van der Waals surface area contributed by atoms with Crippen LogP contribution in [0.15, 0.2) is 24.3 Å². The largest absolute Gasteiger partial charge is 0.385 e. The maximum Gasteiger partial charge on any atom is 0.221 e. The molecule has 5 nitrogen and oxygen atoms in total. The van der Waals surface area contributed by atoms with Crippen LogP contribution >= 0.6 is 0 Å². The molecule has 19 heavy (non-hydrogen) atoms. The van der Waals surface area contributed by atoms with Crippen molar-refractivity contribution in [2.24, 2.45) is 0 Å². The highest BCUT2D eigenvalue weighted by atomic mass is 16.5. The average molecular weight is 264 g/mol. The average Bonchev–Trinajstić information content (AvgIpc) is 2.39. The Bertz CT molecular complexity index is 432. The molecule has 0 aliphatic heterocycles. The third-order valence-corrected chi connectivity index (χ3v) is 2.58. The number of ether oxygens (including phenoxy) is 1. The summed E-state index contributed by atoms with van der Waals surface area (Å²) >= 11 is 0. The number of methoxy groups -OCH3 is 1. The van der Waals surface area contributed by atoms with Crippen molar-refractivity contribution in [3.63, 3.8) is 0 Å².